The van der Waals surface area contributed by atoms with E-state index >= 15 is 0 Å². The van der Waals surface area contributed by atoms with Crippen LogP contribution in [0.1, 0.15) is 18.4 Å². The molecule has 8 heteroatoms. The summed E-state index contributed by atoms with van der Waals surface area (Å²) in [7, 11) is -5.76. The second-order valence-electron chi connectivity index (χ2n) is 6.36. The standard InChI is InChI=1S/C15H21NO5S2/c1-10-3-6-13(21-2)14(7-10)23(19,20)15-9-22(17,18)8-12(15)16-11-4-5-11/h3,6-7,11-12,15-16H,4-5,8-9H2,1-2H3/t12-,15+/m1/s1. The highest BCUT2D eigenvalue weighted by molar-refractivity contribution is 7.96. The molecule has 6 nitrogen and oxygen atoms in total. The zero-order chi connectivity index (χ0) is 16.8. The highest BCUT2D eigenvalue weighted by Gasteiger charge is 2.48. The molecule has 1 aliphatic heterocycles. The van der Waals surface area contributed by atoms with E-state index in [1.165, 1.54) is 7.11 Å². The molecule has 0 spiro atoms. The van der Waals surface area contributed by atoms with E-state index < -0.39 is 31.0 Å². The van der Waals surface area contributed by atoms with Gasteiger partial charge in [-0.1, -0.05) is 6.07 Å². The van der Waals surface area contributed by atoms with Crippen LogP contribution >= 0.6 is 0 Å². The van der Waals surface area contributed by atoms with Crippen LogP contribution in [-0.4, -0.2) is 52.8 Å². The number of benzene rings is 1. The molecule has 1 N–H and O–H groups in total. The monoisotopic (exact) mass is 359 g/mol. The van der Waals surface area contributed by atoms with E-state index in [2.05, 4.69) is 5.32 Å². The van der Waals surface area contributed by atoms with E-state index in [1.807, 2.05) is 0 Å². The van der Waals surface area contributed by atoms with Crippen LogP contribution in [-0.2, 0) is 19.7 Å². The number of nitrogens with one attached hydrogen (secondary N) is 1. The van der Waals surface area contributed by atoms with Crippen molar-refractivity contribution in [1.82, 2.24) is 5.32 Å². The Morgan fingerprint density at radius 3 is 2.52 bits per heavy atom. The second-order valence-corrected chi connectivity index (χ2v) is 10.7. The first-order chi connectivity index (χ1) is 10.7. The van der Waals surface area contributed by atoms with Gasteiger partial charge in [0.2, 0.25) is 0 Å². The number of aryl methyl sites for hydroxylation is 1. The van der Waals surface area contributed by atoms with Crippen LogP contribution in [0.4, 0.5) is 0 Å². The van der Waals surface area contributed by atoms with Crippen LogP contribution < -0.4 is 10.1 Å². The quantitative estimate of drug-likeness (QED) is 0.832. The molecule has 0 unspecified atom stereocenters. The van der Waals surface area contributed by atoms with Gasteiger partial charge < -0.3 is 10.1 Å². The third-order valence-electron chi connectivity index (χ3n) is 4.35. The van der Waals surface area contributed by atoms with Crippen molar-refractivity contribution in [3.05, 3.63) is 23.8 Å². The van der Waals surface area contributed by atoms with Crippen molar-refractivity contribution in [1.29, 1.82) is 0 Å². The van der Waals surface area contributed by atoms with Gasteiger partial charge in [0, 0.05) is 12.1 Å². The van der Waals surface area contributed by atoms with Gasteiger partial charge >= 0.3 is 0 Å². The normalized spacial score (nSPS) is 27.0. The number of hydrogen-bond donors (Lipinski definition) is 1. The Kier molecular flexibility index (Phi) is 4.18. The Balaban J connectivity index is 2.01. The number of methoxy groups -OCH3 is 1. The van der Waals surface area contributed by atoms with Crippen LogP contribution in [0.5, 0.6) is 5.75 Å². The number of sulfone groups is 2. The van der Waals surface area contributed by atoms with E-state index in [4.69, 9.17) is 4.74 Å². The molecular weight excluding hydrogens is 338 g/mol. The Bertz CT molecular complexity index is 812. The van der Waals surface area contributed by atoms with Gasteiger partial charge in [0.1, 0.15) is 10.6 Å². The minimum atomic E-state index is -3.81. The minimum absolute atomic E-state index is 0.0738. The summed E-state index contributed by atoms with van der Waals surface area (Å²) in [5.74, 6) is -0.205. The Morgan fingerprint density at radius 2 is 1.91 bits per heavy atom. The summed E-state index contributed by atoms with van der Waals surface area (Å²) in [6, 6.07) is 4.61. The van der Waals surface area contributed by atoms with Crippen LogP contribution in [0.3, 0.4) is 0 Å². The molecule has 0 bridgehead atoms. The summed E-state index contributed by atoms with van der Waals surface area (Å²) in [5, 5.41) is 2.22. The smallest absolute Gasteiger partial charge is 0.187 e. The summed E-state index contributed by atoms with van der Waals surface area (Å²) in [6.45, 7) is 1.80. The average molecular weight is 359 g/mol. The topological polar surface area (TPSA) is 89.5 Å². The van der Waals surface area contributed by atoms with Gasteiger partial charge in [0.05, 0.1) is 23.9 Å². The van der Waals surface area contributed by atoms with Crippen LogP contribution in [0, 0.1) is 6.92 Å². The van der Waals surface area contributed by atoms with Crippen LogP contribution in [0.25, 0.3) is 0 Å². The average Bonchev–Trinajstić information content (AvgIpc) is 3.22. The molecular formula is C15H21NO5S2. The lowest BCUT2D eigenvalue weighted by atomic mass is 10.2. The molecule has 2 atom stereocenters. The number of hydrogen-bond acceptors (Lipinski definition) is 6. The van der Waals surface area contributed by atoms with Crippen LogP contribution in [0.15, 0.2) is 23.1 Å². The van der Waals surface area contributed by atoms with Gasteiger partial charge in [0.25, 0.3) is 0 Å². The molecule has 1 saturated heterocycles. The molecule has 1 aromatic rings. The molecule has 0 amide bonds. The van der Waals surface area contributed by atoms with Crippen molar-refractivity contribution < 1.29 is 21.6 Å². The molecule has 0 aromatic heterocycles. The Labute approximate surface area is 137 Å². The van der Waals surface area contributed by atoms with Crippen molar-refractivity contribution in [2.75, 3.05) is 18.6 Å². The van der Waals surface area contributed by atoms with E-state index in [-0.39, 0.29) is 28.2 Å². The Hall–Kier alpha value is -1.12. The fourth-order valence-corrected chi connectivity index (χ4v) is 7.92. The van der Waals surface area contributed by atoms with E-state index in [0.29, 0.717) is 0 Å². The molecule has 1 heterocycles. The van der Waals surface area contributed by atoms with Gasteiger partial charge in [-0.25, -0.2) is 16.8 Å². The van der Waals surface area contributed by atoms with Crippen molar-refractivity contribution in [2.24, 2.45) is 0 Å². The number of rotatable bonds is 5. The predicted octanol–water partition coefficient (Wildman–Crippen LogP) is 0.695. The zero-order valence-electron chi connectivity index (χ0n) is 13.2. The first-order valence-corrected chi connectivity index (χ1v) is 10.9. The summed E-state index contributed by atoms with van der Waals surface area (Å²) >= 11 is 0. The predicted molar refractivity (Wildman–Crippen MR) is 87.3 cm³/mol. The maximum absolute atomic E-state index is 13.1. The molecule has 1 aliphatic carbocycles. The summed E-state index contributed by atoms with van der Waals surface area (Å²) in [6.07, 6.45) is 1.94. The summed E-state index contributed by atoms with van der Waals surface area (Å²) in [5.41, 5.74) is 0.789. The first-order valence-electron chi connectivity index (χ1n) is 7.58. The lowest BCUT2D eigenvalue weighted by Gasteiger charge is -2.21. The summed E-state index contributed by atoms with van der Waals surface area (Å²) < 4.78 is 55.4. The lowest BCUT2D eigenvalue weighted by Crippen LogP contribution is -2.44. The van der Waals surface area contributed by atoms with Gasteiger partial charge in [-0.2, -0.15) is 0 Å². The zero-order valence-corrected chi connectivity index (χ0v) is 14.8. The first kappa shape index (κ1) is 16.7. The van der Waals surface area contributed by atoms with E-state index in [0.717, 1.165) is 18.4 Å². The third kappa shape index (κ3) is 3.39. The maximum Gasteiger partial charge on any atom is 0.187 e. The van der Waals surface area contributed by atoms with Crippen molar-refractivity contribution in [3.8, 4) is 5.75 Å². The number of ether oxygens (including phenoxy) is 1. The fraction of sp³-hybridized carbons (Fsp3) is 0.600. The Morgan fingerprint density at radius 1 is 1.22 bits per heavy atom. The molecule has 0 radical (unpaired) electrons. The van der Waals surface area contributed by atoms with Gasteiger partial charge in [0.15, 0.2) is 19.7 Å². The third-order valence-corrected chi connectivity index (χ3v) is 8.52. The highest BCUT2D eigenvalue weighted by Crippen LogP contribution is 2.33. The fourth-order valence-electron chi connectivity index (χ4n) is 3.00. The second kappa shape index (κ2) is 5.75. The molecule has 23 heavy (non-hydrogen) atoms. The SMILES string of the molecule is COc1ccc(C)cc1S(=O)(=O)[C@H]1CS(=O)(=O)C[C@H]1NC1CC1. The highest BCUT2D eigenvalue weighted by atomic mass is 32.2. The lowest BCUT2D eigenvalue weighted by molar-refractivity contribution is 0.402. The molecule has 1 aromatic carbocycles. The summed E-state index contributed by atoms with van der Waals surface area (Å²) in [4.78, 5) is 0.0738. The van der Waals surface area contributed by atoms with Crippen molar-refractivity contribution in [2.45, 2.75) is 42.0 Å². The van der Waals surface area contributed by atoms with E-state index in [9.17, 15) is 16.8 Å². The minimum Gasteiger partial charge on any atom is -0.495 e. The molecule has 2 aliphatic rings. The van der Waals surface area contributed by atoms with E-state index in [1.54, 1.807) is 25.1 Å². The van der Waals surface area contributed by atoms with Gasteiger partial charge in [-0.15, -0.1) is 0 Å². The van der Waals surface area contributed by atoms with Crippen LogP contribution in [0.2, 0.25) is 0 Å². The molecule has 1 saturated carbocycles. The molecule has 2 fully saturated rings. The van der Waals surface area contributed by atoms with Gasteiger partial charge in [-0.3, -0.25) is 0 Å². The van der Waals surface area contributed by atoms with Gasteiger partial charge in [-0.05, 0) is 37.5 Å². The maximum atomic E-state index is 13.1. The molecule has 3 rings (SSSR count). The van der Waals surface area contributed by atoms with Crippen molar-refractivity contribution in [3.63, 3.8) is 0 Å². The largest absolute Gasteiger partial charge is 0.495 e. The molecule has 128 valence electrons. The van der Waals surface area contributed by atoms with Crippen molar-refractivity contribution >= 4 is 19.7 Å².